The van der Waals surface area contributed by atoms with Gasteiger partial charge in [-0.25, -0.2) is 0 Å². The van der Waals surface area contributed by atoms with Crippen LogP contribution in [0.5, 0.6) is 0 Å². The van der Waals surface area contributed by atoms with Crippen molar-refractivity contribution in [3.63, 3.8) is 0 Å². The van der Waals surface area contributed by atoms with Crippen molar-refractivity contribution in [2.24, 2.45) is 10.9 Å². The van der Waals surface area contributed by atoms with E-state index in [9.17, 15) is 0 Å². The molecule has 1 heterocycles. The molecule has 0 saturated carbocycles. The second-order valence-electron chi connectivity index (χ2n) is 4.95. The molecule has 0 aliphatic carbocycles. The fourth-order valence-electron chi connectivity index (χ4n) is 2.09. The van der Waals surface area contributed by atoms with Crippen LogP contribution in [0.15, 0.2) is 40.9 Å². The molecule has 0 saturated heterocycles. The minimum atomic E-state index is 0.0147. The highest BCUT2D eigenvalue weighted by Gasteiger charge is 2.14. The van der Waals surface area contributed by atoms with Crippen molar-refractivity contribution >= 4 is 34.5 Å². The van der Waals surface area contributed by atoms with Crippen LogP contribution in [0.3, 0.4) is 0 Å². The van der Waals surface area contributed by atoms with E-state index in [0.717, 1.165) is 12.2 Å². The third kappa shape index (κ3) is 3.68. The van der Waals surface area contributed by atoms with Crippen molar-refractivity contribution in [1.29, 1.82) is 0 Å². The zero-order valence-electron chi connectivity index (χ0n) is 12.0. The minimum absolute atomic E-state index is 0.0147. The van der Waals surface area contributed by atoms with Gasteiger partial charge in [0.2, 0.25) is 0 Å². The molecule has 0 aliphatic rings. The Labute approximate surface area is 133 Å². The summed E-state index contributed by atoms with van der Waals surface area (Å²) in [5.41, 5.74) is 7.14. The molecule has 112 valence electrons. The van der Waals surface area contributed by atoms with Crippen molar-refractivity contribution < 1.29 is 5.21 Å². The molecule has 2 rings (SSSR count). The van der Waals surface area contributed by atoms with Crippen molar-refractivity contribution in [2.75, 3.05) is 4.90 Å². The van der Waals surface area contributed by atoms with E-state index in [1.54, 1.807) is 17.4 Å². The fourth-order valence-corrected chi connectivity index (χ4v) is 3.06. The van der Waals surface area contributed by atoms with Crippen LogP contribution in [-0.4, -0.2) is 17.1 Å². The number of hydrogen-bond donors (Lipinski definition) is 2. The van der Waals surface area contributed by atoms with Gasteiger partial charge in [0.05, 0.1) is 11.6 Å². The van der Waals surface area contributed by atoms with Gasteiger partial charge in [-0.05, 0) is 43.5 Å². The summed E-state index contributed by atoms with van der Waals surface area (Å²) in [5.74, 6) is 0.0147. The molecule has 0 bridgehead atoms. The molecule has 0 radical (unpaired) electrons. The Kier molecular flexibility index (Phi) is 5.09. The molecular weight excluding hydrogens is 306 g/mol. The molecule has 4 nitrogen and oxygen atoms in total. The van der Waals surface area contributed by atoms with Crippen LogP contribution < -0.4 is 10.6 Å². The van der Waals surface area contributed by atoms with Gasteiger partial charge in [0.15, 0.2) is 5.84 Å². The van der Waals surface area contributed by atoms with Crippen LogP contribution in [0.4, 0.5) is 5.69 Å². The molecule has 0 aliphatic heterocycles. The lowest BCUT2D eigenvalue weighted by Gasteiger charge is -2.29. The molecule has 2 aromatic rings. The van der Waals surface area contributed by atoms with Gasteiger partial charge in [-0.1, -0.05) is 22.8 Å². The Morgan fingerprint density at radius 2 is 2.19 bits per heavy atom. The first-order valence-electron chi connectivity index (χ1n) is 6.59. The highest BCUT2D eigenvalue weighted by atomic mass is 35.5. The molecule has 6 heteroatoms. The molecule has 1 aromatic carbocycles. The maximum Gasteiger partial charge on any atom is 0.171 e. The molecule has 0 amide bonds. The Morgan fingerprint density at radius 1 is 1.43 bits per heavy atom. The van der Waals surface area contributed by atoms with Crippen LogP contribution in [0.25, 0.3) is 0 Å². The monoisotopic (exact) mass is 323 g/mol. The summed E-state index contributed by atoms with van der Waals surface area (Å²) in [4.78, 5) is 3.55. The minimum Gasteiger partial charge on any atom is -0.409 e. The largest absolute Gasteiger partial charge is 0.409 e. The molecule has 0 atom stereocenters. The lowest BCUT2D eigenvalue weighted by Crippen LogP contribution is -2.29. The molecule has 21 heavy (non-hydrogen) atoms. The van der Waals surface area contributed by atoms with E-state index < -0.39 is 0 Å². The average Bonchev–Trinajstić information content (AvgIpc) is 2.96. The van der Waals surface area contributed by atoms with E-state index in [2.05, 4.69) is 35.3 Å². The third-order valence-electron chi connectivity index (χ3n) is 3.20. The zero-order valence-corrected chi connectivity index (χ0v) is 13.5. The normalized spacial score (nSPS) is 11.9. The van der Waals surface area contributed by atoms with Crippen LogP contribution in [-0.2, 0) is 6.54 Å². The summed E-state index contributed by atoms with van der Waals surface area (Å²) < 4.78 is 0. The number of halogens is 1. The van der Waals surface area contributed by atoms with Crippen molar-refractivity contribution in [2.45, 2.75) is 26.4 Å². The van der Waals surface area contributed by atoms with Gasteiger partial charge >= 0.3 is 0 Å². The second-order valence-corrected chi connectivity index (χ2v) is 6.39. The smallest absolute Gasteiger partial charge is 0.171 e. The summed E-state index contributed by atoms with van der Waals surface area (Å²) in [6, 6.07) is 10.1. The zero-order chi connectivity index (χ0) is 15.4. The second kappa shape index (κ2) is 6.83. The maximum absolute atomic E-state index is 8.75. The van der Waals surface area contributed by atoms with E-state index in [-0.39, 0.29) is 5.84 Å². The first kappa shape index (κ1) is 15.7. The van der Waals surface area contributed by atoms with Gasteiger partial charge in [0, 0.05) is 22.2 Å². The quantitative estimate of drug-likeness (QED) is 0.379. The SMILES string of the molecule is CC(C)N(Cc1cccs1)c1ccc(C(N)=NO)c(Cl)c1. The maximum atomic E-state index is 8.75. The number of thiophene rings is 1. The fraction of sp³-hybridized carbons (Fsp3) is 0.267. The highest BCUT2D eigenvalue weighted by Crippen LogP contribution is 2.27. The summed E-state index contributed by atoms with van der Waals surface area (Å²) in [6.07, 6.45) is 0. The molecule has 1 aromatic heterocycles. The predicted molar refractivity (Wildman–Crippen MR) is 89.6 cm³/mol. The number of amidine groups is 1. The highest BCUT2D eigenvalue weighted by molar-refractivity contribution is 7.09. The summed E-state index contributed by atoms with van der Waals surface area (Å²) in [5, 5.41) is 14.3. The van der Waals surface area contributed by atoms with E-state index >= 15 is 0 Å². The number of hydrogen-bond acceptors (Lipinski definition) is 4. The number of nitrogens with zero attached hydrogens (tertiary/aromatic N) is 2. The molecule has 0 fully saturated rings. The predicted octanol–water partition coefficient (Wildman–Crippen LogP) is 3.91. The lowest BCUT2D eigenvalue weighted by atomic mass is 10.1. The summed E-state index contributed by atoms with van der Waals surface area (Å²) in [6.45, 7) is 5.10. The number of oxime groups is 1. The average molecular weight is 324 g/mol. The Balaban J connectivity index is 2.31. The number of anilines is 1. The van der Waals surface area contributed by atoms with Gasteiger partial charge < -0.3 is 15.8 Å². The van der Waals surface area contributed by atoms with Gasteiger partial charge in [0.25, 0.3) is 0 Å². The summed E-state index contributed by atoms with van der Waals surface area (Å²) >= 11 is 7.97. The number of nitrogens with two attached hydrogens (primary N) is 1. The van der Waals surface area contributed by atoms with Gasteiger partial charge in [0.1, 0.15) is 0 Å². The molecule has 0 unspecified atom stereocenters. The molecule has 0 spiro atoms. The topological polar surface area (TPSA) is 61.8 Å². The van der Waals surface area contributed by atoms with E-state index in [1.165, 1.54) is 4.88 Å². The van der Waals surface area contributed by atoms with Crippen LogP contribution in [0, 0.1) is 0 Å². The van der Waals surface area contributed by atoms with Gasteiger partial charge in [-0.3, -0.25) is 0 Å². The van der Waals surface area contributed by atoms with Crippen LogP contribution in [0.2, 0.25) is 5.02 Å². The first-order valence-corrected chi connectivity index (χ1v) is 7.85. The Morgan fingerprint density at radius 3 is 2.71 bits per heavy atom. The first-order chi connectivity index (χ1) is 10.0. The van der Waals surface area contributed by atoms with E-state index in [4.69, 9.17) is 22.5 Å². The van der Waals surface area contributed by atoms with Crippen LogP contribution in [0.1, 0.15) is 24.3 Å². The lowest BCUT2D eigenvalue weighted by molar-refractivity contribution is 0.318. The summed E-state index contributed by atoms with van der Waals surface area (Å²) in [7, 11) is 0. The number of benzene rings is 1. The number of rotatable bonds is 5. The van der Waals surface area contributed by atoms with Crippen molar-refractivity contribution in [3.8, 4) is 0 Å². The Hall–Kier alpha value is -1.72. The van der Waals surface area contributed by atoms with E-state index in [0.29, 0.717) is 16.6 Å². The van der Waals surface area contributed by atoms with Crippen LogP contribution >= 0.6 is 22.9 Å². The molecular formula is C15H18ClN3OS. The van der Waals surface area contributed by atoms with E-state index in [1.807, 2.05) is 18.2 Å². The van der Waals surface area contributed by atoms with Gasteiger partial charge in [-0.15, -0.1) is 11.3 Å². The van der Waals surface area contributed by atoms with Crippen molar-refractivity contribution in [1.82, 2.24) is 0 Å². The standard InChI is InChI=1S/C15H18ClN3OS/c1-10(2)19(9-12-4-3-7-21-12)11-5-6-13(14(16)8-11)15(17)18-20/h3-8,10,20H,9H2,1-2H3,(H2,17,18). The third-order valence-corrected chi connectivity index (χ3v) is 4.37. The van der Waals surface area contributed by atoms with Gasteiger partial charge in [-0.2, -0.15) is 0 Å². The molecule has 3 N–H and O–H groups in total. The Bertz CT molecular complexity index is 626. The van der Waals surface area contributed by atoms with Crippen molar-refractivity contribution in [3.05, 3.63) is 51.2 Å².